The lowest BCUT2D eigenvalue weighted by Gasteiger charge is -2.19. The Hall–Kier alpha value is -2.69. The number of carbonyl (C=O) groups is 1. The molecule has 314 valence electrons. The maximum absolute atomic E-state index is 12.4. The van der Waals surface area contributed by atoms with Crippen molar-refractivity contribution in [1.29, 1.82) is 0 Å². The van der Waals surface area contributed by atoms with Gasteiger partial charge >= 0.3 is 0 Å². The predicted octanol–water partition coefficient (Wildman–Crippen LogP) is 14.6. The maximum atomic E-state index is 12.4. The Morgan fingerprint density at radius 3 is 1.27 bits per heavy atom. The average molecular weight is 762 g/mol. The first-order valence-corrected chi connectivity index (χ1v) is 23.0. The van der Waals surface area contributed by atoms with Crippen LogP contribution in [-0.4, -0.2) is 34.9 Å². The summed E-state index contributed by atoms with van der Waals surface area (Å²) in [6.07, 6.45) is 68.1. The number of aliphatic hydroxyl groups is 2. The van der Waals surface area contributed by atoms with Gasteiger partial charge in [-0.2, -0.15) is 0 Å². The molecule has 0 aromatic heterocycles. The zero-order chi connectivity index (χ0) is 40.0. The number of hydrogen-bond donors (Lipinski definition) is 3. The second-order valence-corrected chi connectivity index (χ2v) is 15.1. The van der Waals surface area contributed by atoms with E-state index < -0.39 is 12.1 Å². The highest BCUT2D eigenvalue weighted by atomic mass is 16.3. The molecule has 2 atom stereocenters. The number of hydrogen-bond acceptors (Lipinski definition) is 3. The summed E-state index contributed by atoms with van der Waals surface area (Å²) in [6, 6.07) is -0.670. The van der Waals surface area contributed by atoms with Crippen molar-refractivity contribution in [2.24, 2.45) is 0 Å². The number of amides is 1. The zero-order valence-electron chi connectivity index (χ0n) is 35.9. The van der Waals surface area contributed by atoms with Crippen LogP contribution in [0.1, 0.15) is 200 Å². The monoisotopic (exact) mass is 762 g/mol. The van der Waals surface area contributed by atoms with Crippen LogP contribution in [-0.2, 0) is 4.79 Å². The van der Waals surface area contributed by atoms with Gasteiger partial charge in [-0.15, -0.1) is 0 Å². The Morgan fingerprint density at radius 2 is 0.818 bits per heavy atom. The van der Waals surface area contributed by atoms with Crippen molar-refractivity contribution >= 4 is 5.91 Å². The van der Waals surface area contributed by atoms with Crippen molar-refractivity contribution in [2.45, 2.75) is 212 Å². The van der Waals surface area contributed by atoms with Crippen molar-refractivity contribution in [3.63, 3.8) is 0 Å². The van der Waals surface area contributed by atoms with Gasteiger partial charge in [-0.1, -0.05) is 201 Å². The van der Waals surface area contributed by atoms with Gasteiger partial charge in [0.1, 0.15) is 0 Å². The molecule has 0 heterocycles. The van der Waals surface area contributed by atoms with E-state index in [1.165, 1.54) is 96.3 Å². The summed E-state index contributed by atoms with van der Waals surface area (Å²) in [4.78, 5) is 12.4. The van der Waals surface area contributed by atoms with Crippen molar-refractivity contribution in [3.8, 4) is 0 Å². The Morgan fingerprint density at radius 1 is 0.455 bits per heavy atom. The van der Waals surface area contributed by atoms with Gasteiger partial charge in [-0.05, 0) is 89.9 Å². The SMILES string of the molecule is CC/C=C\C/C=C\C/C=C\C/C=C\C/C=C\CCCCCC(=O)NC(CO)C(O)/C=C/CC/C=C/CC/C=C/CCCCCCCCCCCCCCCC. The fourth-order valence-electron chi connectivity index (χ4n) is 6.29. The van der Waals surface area contributed by atoms with Gasteiger partial charge < -0.3 is 15.5 Å². The largest absolute Gasteiger partial charge is 0.394 e. The first-order valence-electron chi connectivity index (χ1n) is 23.0. The topological polar surface area (TPSA) is 69.6 Å². The van der Waals surface area contributed by atoms with Gasteiger partial charge in [0.05, 0.1) is 18.8 Å². The standard InChI is InChI=1S/C51H87NO3/c1-3-5-7-9-11-13-15-17-19-21-23-24-25-26-27-29-30-32-34-36-38-40-42-44-46-50(54)49(48-53)52-51(55)47-45-43-41-39-37-35-33-31-28-22-20-18-16-14-12-10-8-6-4-2/h6,8,12,14,18,20,28-31,35-38,44,46,49-50,53-54H,3-5,7,9-11,13,15-17,19,21-27,32-34,39-43,45,47-48H2,1-2H3,(H,52,55)/b8-6-,14-12-,20-18-,30-29+,31-28-,37-35-,38-36+,46-44+. The summed E-state index contributed by atoms with van der Waals surface area (Å²) in [5.41, 5.74) is 0. The summed E-state index contributed by atoms with van der Waals surface area (Å²) < 4.78 is 0. The zero-order valence-corrected chi connectivity index (χ0v) is 35.9. The number of allylic oxidation sites excluding steroid dienone is 15. The molecule has 2 unspecified atom stereocenters. The van der Waals surface area contributed by atoms with E-state index >= 15 is 0 Å². The van der Waals surface area contributed by atoms with Gasteiger partial charge in [0, 0.05) is 6.42 Å². The van der Waals surface area contributed by atoms with Crippen LogP contribution >= 0.6 is 0 Å². The van der Waals surface area contributed by atoms with Crippen LogP contribution in [0.5, 0.6) is 0 Å². The summed E-state index contributed by atoms with van der Waals surface area (Å²) in [6.45, 7) is 4.16. The van der Waals surface area contributed by atoms with Crippen molar-refractivity contribution in [3.05, 3.63) is 97.2 Å². The molecule has 0 aromatic rings. The highest BCUT2D eigenvalue weighted by Crippen LogP contribution is 2.14. The molecule has 0 aliphatic carbocycles. The maximum Gasteiger partial charge on any atom is 0.220 e. The molecule has 0 aromatic carbocycles. The third-order valence-electron chi connectivity index (χ3n) is 9.78. The molecule has 0 saturated heterocycles. The van der Waals surface area contributed by atoms with E-state index in [1.807, 2.05) is 6.08 Å². The number of unbranched alkanes of at least 4 members (excludes halogenated alkanes) is 19. The normalized spacial score (nSPS) is 13.9. The van der Waals surface area contributed by atoms with Crippen LogP contribution in [0.4, 0.5) is 0 Å². The minimum atomic E-state index is -0.891. The minimum absolute atomic E-state index is 0.113. The van der Waals surface area contributed by atoms with Crippen molar-refractivity contribution < 1.29 is 15.0 Å². The fourth-order valence-corrected chi connectivity index (χ4v) is 6.29. The predicted molar refractivity (Wildman–Crippen MR) is 243 cm³/mol. The molecular formula is C51H87NO3. The third-order valence-corrected chi connectivity index (χ3v) is 9.78. The van der Waals surface area contributed by atoms with E-state index in [0.717, 1.165) is 83.5 Å². The molecule has 0 rings (SSSR count). The summed E-state index contributed by atoms with van der Waals surface area (Å²) in [5.74, 6) is -0.113. The number of aliphatic hydroxyl groups excluding tert-OH is 2. The summed E-state index contributed by atoms with van der Waals surface area (Å²) in [7, 11) is 0. The average Bonchev–Trinajstić information content (AvgIpc) is 3.19. The highest BCUT2D eigenvalue weighted by molar-refractivity contribution is 5.76. The molecule has 0 fully saturated rings. The molecule has 0 aliphatic heterocycles. The van der Waals surface area contributed by atoms with E-state index in [2.05, 4.69) is 104 Å². The van der Waals surface area contributed by atoms with Gasteiger partial charge in [-0.25, -0.2) is 0 Å². The minimum Gasteiger partial charge on any atom is -0.394 e. The lowest BCUT2D eigenvalue weighted by Crippen LogP contribution is -2.45. The first kappa shape index (κ1) is 52.3. The molecular weight excluding hydrogens is 675 g/mol. The Kier molecular flexibility index (Phi) is 43.5. The van der Waals surface area contributed by atoms with E-state index in [9.17, 15) is 15.0 Å². The smallest absolute Gasteiger partial charge is 0.220 e. The Bertz CT molecular complexity index is 1050. The lowest BCUT2D eigenvalue weighted by atomic mass is 10.0. The van der Waals surface area contributed by atoms with E-state index in [4.69, 9.17) is 0 Å². The van der Waals surface area contributed by atoms with Crippen molar-refractivity contribution in [2.75, 3.05) is 6.61 Å². The van der Waals surface area contributed by atoms with Crippen LogP contribution in [0, 0.1) is 0 Å². The second kappa shape index (κ2) is 45.7. The van der Waals surface area contributed by atoms with E-state index in [-0.39, 0.29) is 12.5 Å². The summed E-state index contributed by atoms with van der Waals surface area (Å²) >= 11 is 0. The Labute approximate surface area is 341 Å². The number of rotatable bonds is 40. The van der Waals surface area contributed by atoms with E-state index in [1.54, 1.807) is 6.08 Å². The molecule has 0 radical (unpaired) electrons. The van der Waals surface area contributed by atoms with Gasteiger partial charge in [0.2, 0.25) is 5.91 Å². The highest BCUT2D eigenvalue weighted by Gasteiger charge is 2.17. The molecule has 4 nitrogen and oxygen atoms in total. The molecule has 0 saturated carbocycles. The molecule has 4 heteroatoms. The Balaban J connectivity index is 3.73. The van der Waals surface area contributed by atoms with Gasteiger partial charge in [-0.3, -0.25) is 4.79 Å². The molecule has 0 spiro atoms. The fraction of sp³-hybridized carbons (Fsp3) is 0.667. The van der Waals surface area contributed by atoms with Crippen LogP contribution in [0.3, 0.4) is 0 Å². The van der Waals surface area contributed by atoms with Crippen LogP contribution in [0.15, 0.2) is 97.2 Å². The molecule has 3 N–H and O–H groups in total. The number of nitrogens with one attached hydrogen (secondary N) is 1. The third kappa shape index (κ3) is 42.3. The van der Waals surface area contributed by atoms with Crippen LogP contribution in [0.2, 0.25) is 0 Å². The van der Waals surface area contributed by atoms with Gasteiger partial charge in [0.25, 0.3) is 0 Å². The van der Waals surface area contributed by atoms with Crippen molar-refractivity contribution in [1.82, 2.24) is 5.32 Å². The van der Waals surface area contributed by atoms with E-state index in [0.29, 0.717) is 6.42 Å². The van der Waals surface area contributed by atoms with Crippen LogP contribution in [0.25, 0.3) is 0 Å². The first-order chi connectivity index (χ1) is 27.2. The van der Waals surface area contributed by atoms with Gasteiger partial charge in [0.15, 0.2) is 0 Å². The van der Waals surface area contributed by atoms with Crippen LogP contribution < -0.4 is 5.32 Å². The molecule has 55 heavy (non-hydrogen) atoms. The lowest BCUT2D eigenvalue weighted by molar-refractivity contribution is -0.123. The summed E-state index contributed by atoms with van der Waals surface area (Å²) in [5, 5.41) is 23.0. The molecule has 0 bridgehead atoms. The quantitative estimate of drug-likeness (QED) is 0.0430. The number of carbonyl (C=O) groups excluding carboxylic acids is 1. The molecule has 1 amide bonds. The molecule has 0 aliphatic rings. The second-order valence-electron chi connectivity index (χ2n) is 15.1.